The highest BCUT2D eigenvalue weighted by atomic mass is 32.2. The third-order valence-electron chi connectivity index (χ3n) is 0.727. The molecule has 0 rings (SSSR count). The van der Waals surface area contributed by atoms with Gasteiger partial charge in [-0.15, -0.1) is 0 Å². The minimum Gasteiger partial charge on any atom is -0.280 e. The molecule has 0 unspecified atom stereocenters. The Balaban J connectivity index is 0. The van der Waals surface area contributed by atoms with Crippen molar-refractivity contribution in [1.82, 2.24) is 0 Å². The summed E-state index contributed by atoms with van der Waals surface area (Å²) in [7, 11) is -8.76. The van der Waals surface area contributed by atoms with E-state index in [1.807, 2.05) is 0 Å². The molecule has 0 amide bonds. The first kappa shape index (κ1) is 15.6. The van der Waals surface area contributed by atoms with E-state index in [0.29, 0.717) is 0 Å². The summed E-state index contributed by atoms with van der Waals surface area (Å²) in [6, 6.07) is 0. The average molecular weight is 248 g/mol. The van der Waals surface area contributed by atoms with Crippen molar-refractivity contribution >= 4 is 30.5 Å². The van der Waals surface area contributed by atoms with Crippen molar-refractivity contribution < 1.29 is 35.5 Å². The van der Waals surface area contributed by atoms with Crippen LogP contribution < -0.4 is 0 Å². The van der Waals surface area contributed by atoms with Gasteiger partial charge in [-0.2, -0.15) is 16.8 Å². The van der Waals surface area contributed by atoms with Crippen molar-refractivity contribution in [2.45, 2.75) is 13.8 Å². The minimum atomic E-state index is -4.38. The van der Waals surface area contributed by atoms with Gasteiger partial charge in [0.2, 0.25) is 0 Å². The summed E-state index contributed by atoms with van der Waals surface area (Å²) in [6.45, 7) is 1.55. The fraction of sp³-hybridized carbons (Fsp3) is 0.500. The zero-order chi connectivity index (χ0) is 12.2. The fourth-order valence-corrected chi connectivity index (χ4v) is 0. The van der Waals surface area contributed by atoms with Gasteiger partial charge in [0.25, 0.3) is 10.2 Å². The summed E-state index contributed by atoms with van der Waals surface area (Å²) in [6.07, 6.45) is 0. The topological polar surface area (TPSA) is 143 Å². The molecule has 2 N–H and O–H groups in total. The Morgan fingerprint density at radius 1 is 0.786 bits per heavy atom. The van der Waals surface area contributed by atoms with E-state index in [9.17, 15) is 26.4 Å². The standard InChI is InChI=1S/2C2H4O4S/c2*1-2(3)7(4,5)6/h2*1H3,(H,4,5,6). The summed E-state index contributed by atoms with van der Waals surface area (Å²) in [5.74, 6) is 0. The van der Waals surface area contributed by atoms with Crippen LogP contribution in [0, 0.1) is 0 Å². The number of carbonyl (C=O) groups is 2. The van der Waals surface area contributed by atoms with Crippen LogP contribution in [0.15, 0.2) is 0 Å². The molecule has 0 saturated carbocycles. The van der Waals surface area contributed by atoms with Crippen LogP contribution in [0.4, 0.5) is 0 Å². The van der Waals surface area contributed by atoms with Crippen LogP contribution in [0.1, 0.15) is 13.8 Å². The maximum absolute atomic E-state index is 9.63. The van der Waals surface area contributed by atoms with Crippen molar-refractivity contribution in [3.05, 3.63) is 0 Å². The molecule has 0 aliphatic heterocycles. The smallest absolute Gasteiger partial charge is 0.280 e. The summed E-state index contributed by atoms with van der Waals surface area (Å²) in [5.41, 5.74) is 0. The van der Waals surface area contributed by atoms with Crippen LogP contribution in [0.5, 0.6) is 0 Å². The highest BCUT2D eigenvalue weighted by Crippen LogP contribution is 1.79. The van der Waals surface area contributed by atoms with Gasteiger partial charge >= 0.3 is 20.2 Å². The molecular formula is C4H8O8S2. The summed E-state index contributed by atoms with van der Waals surface area (Å²) >= 11 is 0. The lowest BCUT2D eigenvalue weighted by Crippen LogP contribution is -2.07. The number of carbonyl (C=O) groups excluding carboxylic acids is 2. The normalized spacial score (nSPS) is 11.1. The first-order valence-corrected chi connectivity index (χ1v) is 5.73. The van der Waals surface area contributed by atoms with Crippen molar-refractivity contribution in [1.29, 1.82) is 0 Å². The Morgan fingerprint density at radius 2 is 0.857 bits per heavy atom. The second-order valence-electron chi connectivity index (χ2n) is 1.93. The average Bonchev–Trinajstić information content (AvgIpc) is 1.83. The molecule has 8 nitrogen and oxygen atoms in total. The second kappa shape index (κ2) is 5.14. The first-order chi connectivity index (χ1) is 5.89. The molecule has 0 saturated heterocycles. The summed E-state index contributed by atoms with van der Waals surface area (Å²) in [5, 5.41) is -2.46. The summed E-state index contributed by atoms with van der Waals surface area (Å²) < 4.78 is 53.6. The Bertz CT molecular complexity index is 370. The van der Waals surface area contributed by atoms with E-state index in [1.165, 1.54) is 0 Å². The van der Waals surface area contributed by atoms with Crippen LogP contribution in [-0.2, 0) is 29.8 Å². The predicted molar refractivity (Wildman–Crippen MR) is 44.5 cm³/mol. The largest absolute Gasteiger partial charge is 0.328 e. The van der Waals surface area contributed by atoms with Crippen molar-refractivity contribution in [2.75, 3.05) is 0 Å². The Hall–Kier alpha value is -0.840. The van der Waals surface area contributed by atoms with Crippen molar-refractivity contribution in [2.24, 2.45) is 0 Å². The first-order valence-electron chi connectivity index (χ1n) is 2.85. The van der Waals surface area contributed by atoms with E-state index in [-0.39, 0.29) is 0 Å². The highest BCUT2D eigenvalue weighted by Gasteiger charge is 2.09. The van der Waals surface area contributed by atoms with Gasteiger partial charge in [-0.25, -0.2) is 0 Å². The molecule has 0 atom stereocenters. The maximum atomic E-state index is 9.63. The third-order valence-corrected chi connectivity index (χ3v) is 2.18. The molecule has 0 aromatic carbocycles. The van der Waals surface area contributed by atoms with Crippen LogP contribution >= 0.6 is 0 Å². The monoisotopic (exact) mass is 248 g/mol. The predicted octanol–water partition coefficient (Wildman–Crippen LogP) is -1.16. The van der Waals surface area contributed by atoms with Crippen LogP contribution in [0.3, 0.4) is 0 Å². The second-order valence-corrected chi connectivity index (χ2v) is 4.98. The van der Waals surface area contributed by atoms with E-state index in [4.69, 9.17) is 9.11 Å². The molecule has 14 heavy (non-hydrogen) atoms. The number of hydrogen-bond donors (Lipinski definition) is 2. The van der Waals surface area contributed by atoms with Crippen molar-refractivity contribution in [3.63, 3.8) is 0 Å². The van der Waals surface area contributed by atoms with Crippen molar-refractivity contribution in [3.8, 4) is 0 Å². The molecule has 0 fully saturated rings. The Morgan fingerprint density at radius 3 is 0.857 bits per heavy atom. The fourth-order valence-electron chi connectivity index (χ4n) is 0. The van der Waals surface area contributed by atoms with E-state index in [2.05, 4.69) is 0 Å². The quantitative estimate of drug-likeness (QED) is 0.511. The molecule has 0 radical (unpaired) electrons. The van der Waals surface area contributed by atoms with E-state index in [1.54, 1.807) is 0 Å². The van der Waals surface area contributed by atoms with Gasteiger partial charge in [-0.3, -0.25) is 18.7 Å². The van der Waals surface area contributed by atoms with E-state index >= 15 is 0 Å². The molecule has 10 heteroatoms. The highest BCUT2D eigenvalue weighted by molar-refractivity contribution is 8.01. The molecule has 0 spiro atoms. The molecule has 0 bridgehead atoms. The zero-order valence-corrected chi connectivity index (χ0v) is 8.79. The van der Waals surface area contributed by atoms with Gasteiger partial charge in [0.15, 0.2) is 0 Å². The van der Waals surface area contributed by atoms with Gasteiger partial charge in [0, 0.05) is 13.8 Å². The number of rotatable bonds is 0. The van der Waals surface area contributed by atoms with E-state index < -0.39 is 30.5 Å². The minimum absolute atomic E-state index is 0.773. The third kappa shape index (κ3) is 9.25. The molecule has 84 valence electrons. The molecule has 0 heterocycles. The lowest BCUT2D eigenvalue weighted by molar-refractivity contribution is -0.111. The zero-order valence-electron chi connectivity index (χ0n) is 7.16. The lowest BCUT2D eigenvalue weighted by atomic mass is 10.9. The molecule has 0 aromatic heterocycles. The molecule has 0 aromatic rings. The van der Waals surface area contributed by atoms with E-state index in [0.717, 1.165) is 13.8 Å². The Kier molecular flexibility index (Phi) is 5.74. The molecule has 0 aliphatic carbocycles. The van der Waals surface area contributed by atoms with Crippen LogP contribution in [0.2, 0.25) is 0 Å². The van der Waals surface area contributed by atoms with Gasteiger partial charge < -0.3 is 0 Å². The molecule has 0 aliphatic rings. The number of hydrogen-bond acceptors (Lipinski definition) is 6. The summed E-state index contributed by atoms with van der Waals surface area (Å²) in [4.78, 5) is 19.3. The Labute approximate surface area is 80.4 Å². The van der Waals surface area contributed by atoms with Gasteiger partial charge in [-0.05, 0) is 0 Å². The lowest BCUT2D eigenvalue weighted by Gasteiger charge is -1.80. The van der Waals surface area contributed by atoms with Gasteiger partial charge in [0.05, 0.1) is 0 Å². The van der Waals surface area contributed by atoms with Gasteiger partial charge in [-0.1, -0.05) is 0 Å². The van der Waals surface area contributed by atoms with Crippen LogP contribution in [-0.4, -0.2) is 36.2 Å². The maximum Gasteiger partial charge on any atom is 0.328 e. The van der Waals surface area contributed by atoms with Gasteiger partial charge in [0.1, 0.15) is 0 Å². The SMILES string of the molecule is CC(=O)S(=O)(=O)O.CC(=O)S(=O)(=O)O. The van der Waals surface area contributed by atoms with Crippen LogP contribution in [0.25, 0.3) is 0 Å². The molecular weight excluding hydrogens is 240 g/mol.